The van der Waals surface area contributed by atoms with E-state index < -0.39 is 0 Å². The molecule has 0 radical (unpaired) electrons. The van der Waals surface area contributed by atoms with Crippen molar-refractivity contribution in [3.05, 3.63) is 0 Å². The van der Waals surface area contributed by atoms with Crippen LogP contribution in [0.15, 0.2) is 0 Å². The van der Waals surface area contributed by atoms with Gasteiger partial charge in [-0.2, -0.15) is 0 Å². The summed E-state index contributed by atoms with van der Waals surface area (Å²) >= 11 is 0. The quantitative estimate of drug-likeness (QED) is 0.475. The molecule has 0 aromatic heterocycles. The van der Waals surface area contributed by atoms with Gasteiger partial charge in [-0.15, -0.1) is 0 Å². The van der Waals surface area contributed by atoms with E-state index >= 15 is 0 Å². The van der Waals surface area contributed by atoms with Crippen molar-refractivity contribution in [1.29, 1.82) is 0 Å². The predicted molar refractivity (Wildman–Crippen MR) is 25.2 cm³/mol. The van der Waals surface area contributed by atoms with Crippen LogP contribution in [0, 0.1) is 0 Å². The molecule has 5 heteroatoms. The second-order valence-electron chi connectivity index (χ2n) is 1.35. The van der Waals surface area contributed by atoms with E-state index in [0.717, 1.165) is 0 Å². The van der Waals surface area contributed by atoms with Crippen LogP contribution in [0.1, 0.15) is 33.1 Å². The zero-order valence-electron chi connectivity index (χ0n) is 6.13. The Bertz CT molecular complexity index is 21.1. The average Bonchev–Trinajstić information content (AvgIpc) is 1.41. The summed E-state index contributed by atoms with van der Waals surface area (Å²) in [7, 11) is 0. The van der Waals surface area contributed by atoms with Crippen LogP contribution in [0.4, 0.5) is 0 Å². The number of rotatable bonds is 2. The molecule has 10 heavy (non-hydrogen) atoms. The first-order chi connectivity index (χ1) is 2.41. The Balaban J connectivity index is -0.00000000800. The molecular weight excluding hydrogens is 293 g/mol. The minimum atomic E-state index is 0. The van der Waals surface area contributed by atoms with E-state index in [2.05, 4.69) is 13.8 Å². The molecule has 0 aromatic carbocycles. The molecule has 0 fully saturated rings. The zero-order chi connectivity index (χ0) is 4.12. The summed E-state index contributed by atoms with van der Waals surface area (Å²) in [5.41, 5.74) is 0. The van der Waals surface area contributed by atoms with Gasteiger partial charge >= 0.3 is 26.2 Å². The van der Waals surface area contributed by atoms with Crippen LogP contribution in [0.25, 0.3) is 0 Å². The van der Waals surface area contributed by atoms with Gasteiger partial charge < -0.3 is 49.6 Å². The molecule has 0 saturated heterocycles. The van der Waals surface area contributed by atoms with Gasteiger partial charge in [0.15, 0.2) is 0 Å². The van der Waals surface area contributed by atoms with E-state index in [0.29, 0.717) is 0 Å². The maximum atomic E-state index is 2.21. The third-order valence-electron chi connectivity index (χ3n) is 0.707. The monoisotopic (exact) mass is 302 g/mol. The van der Waals surface area contributed by atoms with Gasteiger partial charge in [0.1, 0.15) is 0 Å². The van der Waals surface area contributed by atoms with Crippen LogP contribution in [0.3, 0.4) is 0 Å². The molecule has 0 saturated carbocycles. The van der Waals surface area contributed by atoms with Gasteiger partial charge in [-0.25, -0.2) is 0 Å². The van der Waals surface area contributed by atoms with Crippen LogP contribution in [0.5, 0.6) is 0 Å². The first-order valence-corrected chi connectivity index (χ1v) is 2.41. The summed E-state index contributed by atoms with van der Waals surface area (Å²) in [5, 5.41) is 0. The van der Waals surface area contributed by atoms with E-state index in [-0.39, 0.29) is 75.8 Å². The molecule has 0 heterocycles. The molecule has 0 spiro atoms. The van der Waals surface area contributed by atoms with Crippen molar-refractivity contribution in [2.45, 2.75) is 33.1 Å². The third-order valence-corrected chi connectivity index (χ3v) is 0.707. The first kappa shape index (κ1) is 40.2. The maximum absolute atomic E-state index is 2.21. The van der Waals surface area contributed by atoms with E-state index in [9.17, 15) is 0 Å². The van der Waals surface area contributed by atoms with E-state index in [1.165, 1.54) is 19.3 Å². The number of unbranched alkanes of at least 4 members (excludes halogenated alkanes) is 2. The fourth-order valence-electron chi connectivity index (χ4n) is 0.354. The summed E-state index contributed by atoms with van der Waals surface area (Å²) in [5.74, 6) is 0. The minimum Gasteiger partial charge on any atom is -1.00 e. The Labute approximate surface area is 108 Å². The molecule has 0 unspecified atom stereocenters. The number of halogens is 4. The van der Waals surface area contributed by atoms with Crippen molar-refractivity contribution in [2.24, 2.45) is 0 Å². The van der Waals surface area contributed by atoms with Crippen molar-refractivity contribution in [3.8, 4) is 0 Å². The maximum Gasteiger partial charge on any atom is 4.00 e. The molecule has 0 aliphatic carbocycles. The molecule has 0 atom stereocenters. The molecular formula is C5H12Cl4Zr. The summed E-state index contributed by atoms with van der Waals surface area (Å²) in [6.07, 6.45) is 4.08. The van der Waals surface area contributed by atoms with Crippen molar-refractivity contribution in [3.63, 3.8) is 0 Å². The summed E-state index contributed by atoms with van der Waals surface area (Å²) in [6.45, 7) is 4.42. The van der Waals surface area contributed by atoms with Gasteiger partial charge in [-0.3, -0.25) is 0 Å². The average molecular weight is 305 g/mol. The van der Waals surface area contributed by atoms with Gasteiger partial charge in [0, 0.05) is 0 Å². The molecule has 0 aromatic rings. The molecule has 0 rings (SSSR count). The largest absolute Gasteiger partial charge is 4.00 e. The first-order valence-electron chi connectivity index (χ1n) is 2.41. The fraction of sp³-hybridized carbons (Fsp3) is 1.00. The topological polar surface area (TPSA) is 0 Å². The SMILES string of the molecule is CCCCC.[Cl-].[Cl-].[Cl-].[Cl-].[Zr+4]. The molecule has 0 bridgehead atoms. The van der Waals surface area contributed by atoms with Crippen LogP contribution in [0.2, 0.25) is 0 Å². The van der Waals surface area contributed by atoms with Crippen LogP contribution < -0.4 is 49.6 Å². The Kier molecular flexibility index (Phi) is 176. The molecule has 0 N–H and O–H groups in total. The summed E-state index contributed by atoms with van der Waals surface area (Å²) in [4.78, 5) is 0. The van der Waals surface area contributed by atoms with Crippen molar-refractivity contribution in [2.75, 3.05) is 0 Å². The Hall–Kier alpha value is 2.04. The van der Waals surface area contributed by atoms with E-state index in [4.69, 9.17) is 0 Å². The van der Waals surface area contributed by atoms with Gasteiger partial charge in [-0.05, 0) is 0 Å². The zero-order valence-corrected chi connectivity index (χ0v) is 11.6. The van der Waals surface area contributed by atoms with Crippen molar-refractivity contribution in [1.82, 2.24) is 0 Å². The number of hydrogen-bond donors (Lipinski definition) is 0. The van der Waals surface area contributed by atoms with Crippen LogP contribution in [-0.2, 0) is 26.2 Å². The van der Waals surface area contributed by atoms with Gasteiger partial charge in [0.05, 0.1) is 0 Å². The fourth-order valence-corrected chi connectivity index (χ4v) is 0.354. The smallest absolute Gasteiger partial charge is 1.00 e. The minimum absolute atomic E-state index is 0. The van der Waals surface area contributed by atoms with Gasteiger partial charge in [0.2, 0.25) is 0 Å². The molecule has 0 aliphatic heterocycles. The summed E-state index contributed by atoms with van der Waals surface area (Å²) in [6, 6.07) is 0. The second-order valence-corrected chi connectivity index (χ2v) is 1.35. The number of hydrogen-bond acceptors (Lipinski definition) is 0. The Morgan fingerprint density at radius 1 is 0.700 bits per heavy atom. The molecule has 0 nitrogen and oxygen atoms in total. The van der Waals surface area contributed by atoms with E-state index in [1.807, 2.05) is 0 Å². The van der Waals surface area contributed by atoms with E-state index in [1.54, 1.807) is 0 Å². The van der Waals surface area contributed by atoms with Gasteiger partial charge in [0.25, 0.3) is 0 Å². The van der Waals surface area contributed by atoms with Crippen molar-refractivity contribution >= 4 is 0 Å². The Morgan fingerprint density at radius 2 is 0.900 bits per heavy atom. The van der Waals surface area contributed by atoms with Crippen LogP contribution in [-0.4, -0.2) is 0 Å². The van der Waals surface area contributed by atoms with Crippen LogP contribution >= 0.6 is 0 Å². The van der Waals surface area contributed by atoms with Crippen molar-refractivity contribution < 1.29 is 75.8 Å². The normalized spacial score (nSPS) is 4.20. The standard InChI is InChI=1S/C5H12.4ClH.Zr/c1-3-5-4-2;;;;;/h3-5H2,1-2H3;4*1H;/q;;;;;+4/p-4. The molecule has 0 amide bonds. The Morgan fingerprint density at radius 3 is 0.900 bits per heavy atom. The summed E-state index contributed by atoms with van der Waals surface area (Å²) < 4.78 is 0. The third kappa shape index (κ3) is 50.2. The molecule has 0 aliphatic rings. The van der Waals surface area contributed by atoms with Gasteiger partial charge in [-0.1, -0.05) is 33.1 Å². The second kappa shape index (κ2) is 43.8. The predicted octanol–water partition coefficient (Wildman–Crippen LogP) is -9.79. The molecule has 64 valence electrons.